The van der Waals surface area contributed by atoms with Gasteiger partial charge in [-0.2, -0.15) is 5.10 Å². The van der Waals surface area contributed by atoms with E-state index in [1.165, 1.54) is 12.8 Å². The molecule has 0 bridgehead atoms. The molecule has 0 aliphatic carbocycles. The molecule has 19 heavy (non-hydrogen) atoms. The molecule has 0 aliphatic rings. The topological polar surface area (TPSA) is 50.7 Å². The lowest BCUT2D eigenvalue weighted by Crippen LogP contribution is -2.17. The Hall–Kier alpha value is -0.900. The lowest BCUT2D eigenvalue weighted by molar-refractivity contribution is 0.488. The van der Waals surface area contributed by atoms with Crippen LogP contribution in [0.1, 0.15) is 51.4 Å². The van der Waals surface area contributed by atoms with Gasteiger partial charge in [0.15, 0.2) is 0 Å². The highest BCUT2D eigenvalue weighted by molar-refractivity contribution is 6.17. The summed E-state index contributed by atoms with van der Waals surface area (Å²) in [6.07, 6.45) is 5.17. The van der Waals surface area contributed by atoms with Crippen LogP contribution in [0.2, 0.25) is 0 Å². The van der Waals surface area contributed by atoms with Crippen LogP contribution in [0, 0.1) is 5.92 Å². The second-order valence-corrected chi connectivity index (χ2v) is 5.13. The van der Waals surface area contributed by atoms with E-state index < -0.39 is 0 Å². The minimum Gasteiger partial charge on any atom is -0.353 e. The van der Waals surface area contributed by atoms with Gasteiger partial charge in [-0.1, -0.05) is 27.2 Å². The molecule has 1 unspecified atom stereocenters. The number of aryl methyl sites for hydroxylation is 2. The molecule has 1 heterocycles. The molecule has 4 nitrogen and oxygen atoms in total. The van der Waals surface area contributed by atoms with E-state index >= 15 is 0 Å². The van der Waals surface area contributed by atoms with E-state index in [-0.39, 0.29) is 0 Å². The average Bonchev–Trinajstić information content (AvgIpc) is 2.44. The number of hydrogen-bond donors (Lipinski definition) is 1. The van der Waals surface area contributed by atoms with Gasteiger partial charge >= 0.3 is 0 Å². The minimum atomic E-state index is 0.585. The minimum absolute atomic E-state index is 0.585. The third-order valence-electron chi connectivity index (χ3n) is 3.27. The summed E-state index contributed by atoms with van der Waals surface area (Å²) in [6.45, 7) is 7.25. The van der Waals surface area contributed by atoms with Crippen molar-refractivity contribution in [3.63, 3.8) is 0 Å². The zero-order chi connectivity index (χ0) is 14.1. The molecular weight excluding hydrogens is 260 g/mol. The van der Waals surface area contributed by atoms with Crippen molar-refractivity contribution in [2.45, 2.75) is 52.9 Å². The Bertz CT molecular complexity index is 364. The van der Waals surface area contributed by atoms with Gasteiger partial charge in [-0.3, -0.25) is 0 Å². The Kier molecular flexibility index (Phi) is 7.72. The molecule has 5 heteroatoms. The van der Waals surface area contributed by atoms with E-state index in [0.717, 1.165) is 37.2 Å². The molecule has 1 rings (SSSR count). The second kappa shape index (κ2) is 9.08. The maximum atomic E-state index is 5.83. The number of nitrogens with zero attached hydrogens (tertiary/aromatic N) is 3. The van der Waals surface area contributed by atoms with Gasteiger partial charge in [0, 0.05) is 12.4 Å². The molecule has 0 saturated carbocycles. The van der Waals surface area contributed by atoms with Crippen LogP contribution in [0.15, 0.2) is 0 Å². The summed E-state index contributed by atoms with van der Waals surface area (Å²) >= 11 is 5.83. The van der Waals surface area contributed by atoms with Crippen LogP contribution < -0.4 is 5.32 Å². The standard InChI is InChI=1S/C14H25ClN4/c1-4-7-11(8-9-15)10-16-14-17-12(5-2)13(6-3)18-19-14/h11H,4-10H2,1-3H3,(H,16,17,19). The van der Waals surface area contributed by atoms with Crippen LogP contribution in [-0.2, 0) is 12.8 Å². The van der Waals surface area contributed by atoms with Gasteiger partial charge in [0.1, 0.15) is 0 Å². The van der Waals surface area contributed by atoms with Crippen molar-refractivity contribution >= 4 is 17.5 Å². The molecule has 0 fully saturated rings. The van der Waals surface area contributed by atoms with Gasteiger partial charge in [0.25, 0.3) is 0 Å². The zero-order valence-corrected chi connectivity index (χ0v) is 13.0. The van der Waals surface area contributed by atoms with Gasteiger partial charge in [-0.05, 0) is 31.6 Å². The lowest BCUT2D eigenvalue weighted by Gasteiger charge is -2.15. The number of alkyl halides is 1. The van der Waals surface area contributed by atoms with Gasteiger partial charge in [-0.25, -0.2) is 4.98 Å². The second-order valence-electron chi connectivity index (χ2n) is 4.75. The number of aromatic nitrogens is 3. The van der Waals surface area contributed by atoms with Crippen LogP contribution in [-0.4, -0.2) is 27.6 Å². The fraction of sp³-hybridized carbons (Fsp3) is 0.786. The predicted octanol–water partition coefficient (Wildman–Crippen LogP) is 3.45. The fourth-order valence-electron chi connectivity index (χ4n) is 2.16. The molecule has 0 saturated heterocycles. The van der Waals surface area contributed by atoms with Crippen molar-refractivity contribution in [3.8, 4) is 0 Å². The largest absolute Gasteiger partial charge is 0.353 e. The summed E-state index contributed by atoms with van der Waals surface area (Å²) in [5, 5.41) is 11.7. The first kappa shape index (κ1) is 16.2. The van der Waals surface area contributed by atoms with Crippen LogP contribution in [0.25, 0.3) is 0 Å². The summed E-state index contributed by atoms with van der Waals surface area (Å²) < 4.78 is 0. The Labute approximate surface area is 121 Å². The Balaban J connectivity index is 2.60. The molecule has 0 aliphatic heterocycles. The lowest BCUT2D eigenvalue weighted by atomic mass is 10.0. The molecule has 0 radical (unpaired) electrons. The third kappa shape index (κ3) is 5.31. The molecule has 108 valence electrons. The number of rotatable bonds is 9. The van der Waals surface area contributed by atoms with Crippen LogP contribution in [0.4, 0.5) is 5.95 Å². The monoisotopic (exact) mass is 284 g/mol. The van der Waals surface area contributed by atoms with E-state index in [4.69, 9.17) is 11.6 Å². The number of halogens is 1. The van der Waals surface area contributed by atoms with Crippen molar-refractivity contribution in [2.75, 3.05) is 17.7 Å². The SMILES string of the molecule is CCCC(CCCl)CNc1nnc(CC)c(CC)n1. The first-order valence-corrected chi connectivity index (χ1v) is 7.80. The molecule has 0 aromatic carbocycles. The van der Waals surface area contributed by atoms with E-state index in [1.54, 1.807) is 0 Å². The van der Waals surface area contributed by atoms with E-state index in [0.29, 0.717) is 17.7 Å². The molecular formula is C14H25ClN4. The first-order chi connectivity index (χ1) is 9.24. The van der Waals surface area contributed by atoms with Crippen molar-refractivity contribution in [3.05, 3.63) is 11.4 Å². The average molecular weight is 285 g/mol. The highest BCUT2D eigenvalue weighted by atomic mass is 35.5. The van der Waals surface area contributed by atoms with Crippen molar-refractivity contribution in [1.82, 2.24) is 15.2 Å². The Morgan fingerprint density at radius 3 is 2.37 bits per heavy atom. The van der Waals surface area contributed by atoms with Gasteiger partial charge in [0.2, 0.25) is 5.95 Å². The van der Waals surface area contributed by atoms with Crippen LogP contribution in [0.3, 0.4) is 0 Å². The summed E-state index contributed by atoms with van der Waals surface area (Å²) in [4.78, 5) is 4.54. The van der Waals surface area contributed by atoms with E-state index in [9.17, 15) is 0 Å². The molecule has 1 aromatic heterocycles. The normalized spacial score (nSPS) is 12.4. The Morgan fingerprint density at radius 2 is 1.79 bits per heavy atom. The van der Waals surface area contributed by atoms with Crippen LogP contribution >= 0.6 is 11.6 Å². The van der Waals surface area contributed by atoms with Crippen LogP contribution in [0.5, 0.6) is 0 Å². The molecule has 1 aromatic rings. The fourth-order valence-corrected chi connectivity index (χ4v) is 2.47. The van der Waals surface area contributed by atoms with Gasteiger partial charge in [0.05, 0.1) is 11.4 Å². The maximum absolute atomic E-state index is 5.83. The van der Waals surface area contributed by atoms with E-state index in [1.807, 2.05) is 0 Å². The van der Waals surface area contributed by atoms with Gasteiger partial charge < -0.3 is 5.32 Å². The quantitative estimate of drug-likeness (QED) is 0.706. The third-order valence-corrected chi connectivity index (χ3v) is 3.49. The molecule has 0 spiro atoms. The number of nitrogens with one attached hydrogen (secondary N) is 1. The summed E-state index contributed by atoms with van der Waals surface area (Å²) in [6, 6.07) is 0. The zero-order valence-electron chi connectivity index (χ0n) is 12.2. The van der Waals surface area contributed by atoms with Gasteiger partial charge in [-0.15, -0.1) is 16.7 Å². The number of hydrogen-bond acceptors (Lipinski definition) is 4. The summed E-state index contributed by atoms with van der Waals surface area (Å²) in [7, 11) is 0. The predicted molar refractivity (Wildman–Crippen MR) is 80.8 cm³/mol. The van der Waals surface area contributed by atoms with Crippen molar-refractivity contribution < 1.29 is 0 Å². The molecule has 1 N–H and O–H groups in total. The highest BCUT2D eigenvalue weighted by Crippen LogP contribution is 2.13. The smallest absolute Gasteiger partial charge is 0.242 e. The van der Waals surface area contributed by atoms with E-state index in [2.05, 4.69) is 41.3 Å². The molecule has 0 amide bonds. The Morgan fingerprint density at radius 1 is 1.05 bits per heavy atom. The van der Waals surface area contributed by atoms with Crippen molar-refractivity contribution in [1.29, 1.82) is 0 Å². The first-order valence-electron chi connectivity index (χ1n) is 7.27. The van der Waals surface area contributed by atoms with Crippen molar-refractivity contribution in [2.24, 2.45) is 5.92 Å². The summed E-state index contributed by atoms with van der Waals surface area (Å²) in [5.41, 5.74) is 2.04. The molecule has 1 atom stereocenters. The highest BCUT2D eigenvalue weighted by Gasteiger charge is 2.10. The number of anilines is 1. The summed E-state index contributed by atoms with van der Waals surface area (Å²) in [5.74, 6) is 1.94. The maximum Gasteiger partial charge on any atom is 0.242 e.